The summed E-state index contributed by atoms with van der Waals surface area (Å²) in [4.78, 5) is 18.6. The van der Waals surface area contributed by atoms with Crippen molar-refractivity contribution in [3.63, 3.8) is 0 Å². The molecule has 1 aliphatic heterocycles. The quantitative estimate of drug-likeness (QED) is 0.615. The Morgan fingerprint density at radius 3 is 2.62 bits per heavy atom. The fourth-order valence-corrected chi connectivity index (χ4v) is 1.17. The van der Waals surface area contributed by atoms with Crippen molar-refractivity contribution in [3.05, 3.63) is 35.9 Å². The third-order valence-electron chi connectivity index (χ3n) is 1.81. The van der Waals surface area contributed by atoms with Crippen LogP contribution in [0.2, 0.25) is 0 Å². The molecule has 1 heterocycles. The van der Waals surface area contributed by atoms with Crippen LogP contribution in [0.3, 0.4) is 0 Å². The molecule has 2 rings (SSSR count). The average Bonchev–Trinajstić information content (AvgIpc) is 2.67. The summed E-state index contributed by atoms with van der Waals surface area (Å²) in [6.45, 7) is 0.410. The van der Waals surface area contributed by atoms with Gasteiger partial charge in [-0.2, -0.15) is 0 Å². The summed E-state index contributed by atoms with van der Waals surface area (Å²) < 4.78 is 0. The second-order valence-electron chi connectivity index (χ2n) is 2.73. The predicted octanol–water partition coefficient (Wildman–Crippen LogP) is 1.09. The molecular weight excluding hydrogens is 164 g/mol. The summed E-state index contributed by atoms with van der Waals surface area (Å²) in [6, 6.07) is 9.63. The van der Waals surface area contributed by atoms with E-state index in [2.05, 4.69) is 9.98 Å². The third kappa shape index (κ3) is 1.54. The number of nitrogens with zero attached hydrogens (tertiary/aromatic N) is 2. The lowest BCUT2D eigenvalue weighted by atomic mass is 10.2. The van der Waals surface area contributed by atoms with Gasteiger partial charge in [-0.15, -0.1) is 0 Å². The molecule has 0 amide bonds. The summed E-state index contributed by atoms with van der Waals surface area (Å²) in [5, 5.41) is 0. The molecule has 0 saturated carbocycles. The Hall–Kier alpha value is -1.77. The zero-order chi connectivity index (χ0) is 9.10. The van der Waals surface area contributed by atoms with Crippen molar-refractivity contribution >= 4 is 17.8 Å². The maximum absolute atomic E-state index is 10.4. The van der Waals surface area contributed by atoms with Crippen molar-refractivity contribution in [2.75, 3.05) is 6.54 Å². The zero-order valence-electron chi connectivity index (χ0n) is 6.97. The lowest BCUT2D eigenvalue weighted by Gasteiger charge is -1.94. The highest BCUT2D eigenvalue weighted by Gasteiger charge is 2.09. The van der Waals surface area contributed by atoms with E-state index in [0.29, 0.717) is 18.1 Å². The average molecular weight is 172 g/mol. The maximum atomic E-state index is 10.4. The van der Waals surface area contributed by atoms with Crippen LogP contribution >= 0.6 is 0 Å². The van der Waals surface area contributed by atoms with Gasteiger partial charge in [-0.05, 0) is 0 Å². The van der Waals surface area contributed by atoms with E-state index >= 15 is 0 Å². The van der Waals surface area contributed by atoms with Crippen LogP contribution in [-0.2, 0) is 4.79 Å². The van der Waals surface area contributed by atoms with Gasteiger partial charge in [0.15, 0.2) is 12.1 Å². The second kappa shape index (κ2) is 3.31. The van der Waals surface area contributed by atoms with Gasteiger partial charge in [0.25, 0.3) is 0 Å². The zero-order valence-corrected chi connectivity index (χ0v) is 6.97. The summed E-state index contributed by atoms with van der Waals surface area (Å²) in [5.74, 6) is 0.655. The standard InChI is InChI=1S/C10H8N2O/c13-7-9-6-11-10(12-9)8-4-2-1-3-5-8/h1-5,7H,6H2. The Morgan fingerprint density at radius 2 is 2.00 bits per heavy atom. The molecule has 1 aromatic rings. The van der Waals surface area contributed by atoms with Crippen LogP contribution < -0.4 is 0 Å². The second-order valence-corrected chi connectivity index (χ2v) is 2.73. The van der Waals surface area contributed by atoms with Crippen LogP contribution in [0.15, 0.2) is 40.3 Å². The summed E-state index contributed by atoms with van der Waals surface area (Å²) in [7, 11) is 0. The third-order valence-corrected chi connectivity index (χ3v) is 1.81. The topological polar surface area (TPSA) is 41.8 Å². The minimum atomic E-state index is 0.410. The number of benzene rings is 1. The number of aldehydes is 1. The maximum Gasteiger partial charge on any atom is 0.166 e. The normalized spacial score (nSPS) is 15.1. The Morgan fingerprint density at radius 1 is 1.23 bits per heavy atom. The molecule has 0 fully saturated rings. The molecule has 0 N–H and O–H groups in total. The van der Waals surface area contributed by atoms with Gasteiger partial charge in [0.2, 0.25) is 0 Å². The Kier molecular flexibility index (Phi) is 2.00. The molecule has 0 radical (unpaired) electrons. The fraction of sp³-hybridized carbons (Fsp3) is 0.100. The molecule has 1 aromatic carbocycles. The molecule has 0 spiro atoms. The van der Waals surface area contributed by atoms with Crippen molar-refractivity contribution in [1.82, 2.24) is 0 Å². The molecule has 3 heteroatoms. The van der Waals surface area contributed by atoms with Crippen molar-refractivity contribution < 1.29 is 4.79 Å². The summed E-state index contributed by atoms with van der Waals surface area (Å²) in [5.41, 5.74) is 1.46. The van der Waals surface area contributed by atoms with E-state index < -0.39 is 0 Å². The van der Waals surface area contributed by atoms with E-state index in [0.717, 1.165) is 11.8 Å². The first kappa shape index (κ1) is 7.86. The van der Waals surface area contributed by atoms with Gasteiger partial charge in [0.05, 0.1) is 6.54 Å². The Bertz CT molecular complexity index is 379. The lowest BCUT2D eigenvalue weighted by Crippen LogP contribution is -1.99. The molecule has 64 valence electrons. The monoisotopic (exact) mass is 172 g/mol. The van der Waals surface area contributed by atoms with Gasteiger partial charge in [-0.1, -0.05) is 30.3 Å². The number of amidine groups is 1. The van der Waals surface area contributed by atoms with Crippen LogP contribution in [0.1, 0.15) is 5.56 Å². The van der Waals surface area contributed by atoms with E-state index in [1.54, 1.807) is 0 Å². The van der Waals surface area contributed by atoms with Crippen LogP contribution in [0.4, 0.5) is 0 Å². The van der Waals surface area contributed by atoms with Crippen LogP contribution in [0.5, 0.6) is 0 Å². The molecule has 0 aromatic heterocycles. The summed E-state index contributed by atoms with van der Waals surface area (Å²) >= 11 is 0. The highest BCUT2D eigenvalue weighted by molar-refractivity contribution is 6.34. The first-order valence-electron chi connectivity index (χ1n) is 4.03. The van der Waals surface area contributed by atoms with E-state index in [1.807, 2.05) is 30.3 Å². The van der Waals surface area contributed by atoms with Gasteiger partial charge in [-0.3, -0.25) is 9.79 Å². The van der Waals surface area contributed by atoms with E-state index in [9.17, 15) is 4.79 Å². The largest absolute Gasteiger partial charge is 0.296 e. The number of carbonyl (C=O) groups is 1. The molecular formula is C10H8N2O. The van der Waals surface area contributed by atoms with Gasteiger partial charge in [0, 0.05) is 5.56 Å². The van der Waals surface area contributed by atoms with E-state index in [4.69, 9.17) is 0 Å². The SMILES string of the molecule is O=CC1=NC(c2ccccc2)=NC1. The van der Waals surface area contributed by atoms with E-state index in [1.165, 1.54) is 0 Å². The first-order valence-corrected chi connectivity index (χ1v) is 4.03. The number of hydrogen-bond acceptors (Lipinski definition) is 3. The Labute approximate surface area is 75.8 Å². The lowest BCUT2D eigenvalue weighted by molar-refractivity contribution is -0.102. The molecule has 0 unspecified atom stereocenters. The highest BCUT2D eigenvalue weighted by Crippen LogP contribution is 2.06. The summed E-state index contributed by atoms with van der Waals surface area (Å²) in [6.07, 6.45) is 0.749. The van der Waals surface area contributed by atoms with Crippen LogP contribution in [0, 0.1) is 0 Å². The van der Waals surface area contributed by atoms with Crippen molar-refractivity contribution in [3.8, 4) is 0 Å². The first-order chi connectivity index (χ1) is 6.40. The van der Waals surface area contributed by atoms with Gasteiger partial charge >= 0.3 is 0 Å². The molecule has 0 atom stereocenters. The Balaban J connectivity index is 2.30. The van der Waals surface area contributed by atoms with Crippen molar-refractivity contribution in [2.45, 2.75) is 0 Å². The minimum Gasteiger partial charge on any atom is -0.296 e. The predicted molar refractivity (Wildman–Crippen MR) is 51.3 cm³/mol. The van der Waals surface area contributed by atoms with Crippen LogP contribution in [0.25, 0.3) is 0 Å². The molecule has 1 aliphatic rings. The molecule has 13 heavy (non-hydrogen) atoms. The number of rotatable bonds is 2. The molecule has 0 aliphatic carbocycles. The fourth-order valence-electron chi connectivity index (χ4n) is 1.17. The van der Waals surface area contributed by atoms with Gasteiger partial charge < -0.3 is 0 Å². The molecule has 0 saturated heterocycles. The number of aliphatic imine (C=N–C) groups is 2. The number of carbonyl (C=O) groups excluding carboxylic acids is 1. The highest BCUT2D eigenvalue weighted by atomic mass is 16.1. The smallest absolute Gasteiger partial charge is 0.166 e. The minimum absolute atomic E-state index is 0.410. The van der Waals surface area contributed by atoms with E-state index in [-0.39, 0.29) is 0 Å². The van der Waals surface area contributed by atoms with Gasteiger partial charge in [0.1, 0.15) is 5.71 Å². The van der Waals surface area contributed by atoms with Crippen molar-refractivity contribution in [1.29, 1.82) is 0 Å². The van der Waals surface area contributed by atoms with Crippen LogP contribution in [-0.4, -0.2) is 24.4 Å². The van der Waals surface area contributed by atoms with Crippen molar-refractivity contribution in [2.24, 2.45) is 9.98 Å². The molecule has 0 bridgehead atoms. The number of hydrogen-bond donors (Lipinski definition) is 0. The molecule has 3 nitrogen and oxygen atoms in total. The van der Waals surface area contributed by atoms with Gasteiger partial charge in [-0.25, -0.2) is 4.99 Å².